The Bertz CT molecular complexity index is 1400. The van der Waals surface area contributed by atoms with Crippen LogP contribution in [0.5, 0.6) is 23.0 Å². The minimum atomic E-state index is -1.20. The number of carbonyl (C=O) groups excluding carboxylic acids is 4. The zero-order chi connectivity index (χ0) is 33.3. The molecule has 0 fully saturated rings. The number of carboxylic acids is 1. The second-order valence-corrected chi connectivity index (χ2v) is 10.5. The second-order valence-electron chi connectivity index (χ2n) is 10.5. The monoisotopic (exact) mass is 620 g/mol. The standard InChI is InChI=1S/C30H36O14/c1-14(31)5-20(32)10-19-11-22(34)13-24(36)28(19)30(41)44-17(4)8-26(39)42-15(2)6-18-9-21(33)12-23(35)27(18)29(40)43-16(3)7-25(37)38/h9,11-17,31,33-36H,5-8,10H2,1-4H3,(H,37,38). The summed E-state index contributed by atoms with van der Waals surface area (Å²) in [5.41, 5.74) is -0.726. The fourth-order valence-corrected chi connectivity index (χ4v) is 4.40. The molecule has 0 bridgehead atoms. The van der Waals surface area contributed by atoms with Crippen molar-refractivity contribution in [3.05, 3.63) is 46.5 Å². The number of ether oxygens (including phenoxy) is 3. The van der Waals surface area contributed by atoms with Crippen LogP contribution in [0.15, 0.2) is 24.3 Å². The first-order chi connectivity index (χ1) is 20.5. The van der Waals surface area contributed by atoms with Gasteiger partial charge in [0.15, 0.2) is 0 Å². The molecule has 4 atom stereocenters. The molecular weight excluding hydrogens is 584 g/mol. The van der Waals surface area contributed by atoms with Gasteiger partial charge in [-0.2, -0.15) is 0 Å². The quantitative estimate of drug-likeness (QED) is 0.124. The van der Waals surface area contributed by atoms with Crippen molar-refractivity contribution in [3.8, 4) is 23.0 Å². The van der Waals surface area contributed by atoms with E-state index in [0.717, 1.165) is 24.3 Å². The Balaban J connectivity index is 2.08. The van der Waals surface area contributed by atoms with Crippen LogP contribution < -0.4 is 0 Å². The van der Waals surface area contributed by atoms with Gasteiger partial charge in [-0.1, -0.05) is 0 Å². The zero-order valence-electron chi connectivity index (χ0n) is 24.6. The van der Waals surface area contributed by atoms with Gasteiger partial charge in [0.1, 0.15) is 58.2 Å². The van der Waals surface area contributed by atoms with Crippen molar-refractivity contribution in [1.29, 1.82) is 0 Å². The van der Waals surface area contributed by atoms with Crippen molar-refractivity contribution in [2.24, 2.45) is 0 Å². The number of aliphatic hydroxyl groups excluding tert-OH is 1. The number of aromatic hydroxyl groups is 4. The number of carbonyl (C=O) groups is 5. The van der Waals surface area contributed by atoms with Crippen molar-refractivity contribution in [3.63, 3.8) is 0 Å². The molecule has 4 unspecified atom stereocenters. The smallest absolute Gasteiger partial charge is 0.342 e. The van der Waals surface area contributed by atoms with Gasteiger partial charge in [-0.25, -0.2) is 9.59 Å². The summed E-state index contributed by atoms with van der Waals surface area (Å²) in [4.78, 5) is 61.2. The SMILES string of the molecule is CC(O)CC(=O)Cc1cc(O)cc(O)c1C(=O)OC(C)CC(=O)OC(C)Cc1cc(O)cc(O)c1C(=O)OC(C)CC(=O)O. The van der Waals surface area contributed by atoms with Crippen molar-refractivity contribution in [2.45, 2.75) is 84.2 Å². The largest absolute Gasteiger partial charge is 0.508 e. The normalized spacial score (nSPS) is 13.7. The fourth-order valence-electron chi connectivity index (χ4n) is 4.40. The average Bonchev–Trinajstić information content (AvgIpc) is 2.81. The number of aliphatic hydroxyl groups is 1. The number of hydrogen-bond donors (Lipinski definition) is 6. The lowest BCUT2D eigenvalue weighted by atomic mass is 9.98. The number of benzene rings is 2. The average molecular weight is 621 g/mol. The molecule has 0 aliphatic heterocycles. The molecule has 2 rings (SSSR count). The van der Waals surface area contributed by atoms with Gasteiger partial charge in [-0.3, -0.25) is 14.4 Å². The molecule has 2 aromatic rings. The summed E-state index contributed by atoms with van der Waals surface area (Å²) in [6.45, 7) is 5.59. The molecule has 0 aliphatic rings. The molecule has 2 aromatic carbocycles. The van der Waals surface area contributed by atoms with Gasteiger partial charge < -0.3 is 44.8 Å². The van der Waals surface area contributed by atoms with Crippen LogP contribution in [0.2, 0.25) is 0 Å². The molecular formula is C30H36O14. The van der Waals surface area contributed by atoms with E-state index in [-0.39, 0.29) is 36.0 Å². The maximum Gasteiger partial charge on any atom is 0.342 e. The zero-order valence-corrected chi connectivity index (χ0v) is 24.6. The Morgan fingerprint density at radius 3 is 1.64 bits per heavy atom. The third kappa shape index (κ3) is 10.8. The summed E-state index contributed by atoms with van der Waals surface area (Å²) in [7, 11) is 0. The molecule has 0 heterocycles. The summed E-state index contributed by atoms with van der Waals surface area (Å²) >= 11 is 0. The van der Waals surface area contributed by atoms with E-state index in [1.54, 1.807) is 0 Å². The molecule has 0 aromatic heterocycles. The van der Waals surface area contributed by atoms with E-state index in [4.69, 9.17) is 19.3 Å². The molecule has 6 N–H and O–H groups in total. The van der Waals surface area contributed by atoms with E-state index in [1.807, 2.05) is 0 Å². The number of phenolic OH excluding ortho intramolecular Hbond substituents is 4. The van der Waals surface area contributed by atoms with Crippen LogP contribution in [0.4, 0.5) is 0 Å². The highest BCUT2D eigenvalue weighted by Crippen LogP contribution is 2.31. The number of aliphatic carboxylic acids is 1. The van der Waals surface area contributed by atoms with Gasteiger partial charge in [0.2, 0.25) is 0 Å². The Labute approximate surface area is 252 Å². The van der Waals surface area contributed by atoms with Gasteiger partial charge in [0.25, 0.3) is 0 Å². The van der Waals surface area contributed by atoms with Crippen LogP contribution in [0.1, 0.15) is 78.8 Å². The molecule has 14 heteroatoms. The molecule has 0 radical (unpaired) electrons. The summed E-state index contributed by atoms with van der Waals surface area (Å²) in [6, 6.07) is 4.04. The second kappa shape index (κ2) is 15.6. The first kappa shape index (κ1) is 35.3. The van der Waals surface area contributed by atoms with Crippen LogP contribution >= 0.6 is 0 Å². The first-order valence-corrected chi connectivity index (χ1v) is 13.6. The maximum absolute atomic E-state index is 12.9. The molecule has 0 spiro atoms. The van der Waals surface area contributed by atoms with Crippen LogP contribution in [0.25, 0.3) is 0 Å². The molecule has 14 nitrogen and oxygen atoms in total. The molecule has 0 saturated carbocycles. The first-order valence-electron chi connectivity index (χ1n) is 13.6. The number of hydrogen-bond acceptors (Lipinski definition) is 13. The highest BCUT2D eigenvalue weighted by molar-refractivity contribution is 5.97. The molecule has 0 saturated heterocycles. The number of Topliss-reactive ketones (excluding diaryl/α,β-unsaturated/α-hetero) is 1. The predicted molar refractivity (Wildman–Crippen MR) is 150 cm³/mol. The fraction of sp³-hybridized carbons (Fsp3) is 0.433. The van der Waals surface area contributed by atoms with Gasteiger partial charge in [-0.05, 0) is 51.0 Å². The lowest BCUT2D eigenvalue weighted by Crippen LogP contribution is -2.25. The van der Waals surface area contributed by atoms with E-state index < -0.39 is 95.5 Å². The highest BCUT2D eigenvalue weighted by Gasteiger charge is 2.27. The number of ketones is 1. The van der Waals surface area contributed by atoms with Crippen molar-refractivity contribution < 1.29 is 68.8 Å². The number of carboxylic acid groups (broad SMARTS) is 1. The molecule has 240 valence electrons. The Kier molecular flexibility index (Phi) is 12.5. The summed E-state index contributed by atoms with van der Waals surface area (Å²) in [6.07, 6.45) is -5.68. The van der Waals surface area contributed by atoms with Gasteiger partial charge in [-0.15, -0.1) is 0 Å². The Morgan fingerprint density at radius 2 is 1.14 bits per heavy atom. The van der Waals surface area contributed by atoms with Crippen molar-refractivity contribution in [2.75, 3.05) is 0 Å². The maximum atomic E-state index is 12.9. The number of phenols is 4. The van der Waals surface area contributed by atoms with Gasteiger partial charge >= 0.3 is 23.9 Å². The predicted octanol–water partition coefficient (Wildman–Crippen LogP) is 2.52. The lowest BCUT2D eigenvalue weighted by molar-refractivity contribution is -0.150. The lowest BCUT2D eigenvalue weighted by Gasteiger charge is -2.19. The minimum Gasteiger partial charge on any atom is -0.508 e. The van der Waals surface area contributed by atoms with E-state index >= 15 is 0 Å². The van der Waals surface area contributed by atoms with E-state index in [9.17, 15) is 49.5 Å². The van der Waals surface area contributed by atoms with Crippen LogP contribution in [0.3, 0.4) is 0 Å². The third-order valence-corrected chi connectivity index (χ3v) is 6.06. The number of rotatable bonds is 15. The molecule has 44 heavy (non-hydrogen) atoms. The van der Waals surface area contributed by atoms with Crippen LogP contribution in [0, 0.1) is 0 Å². The minimum absolute atomic E-state index is 0.0393. The van der Waals surface area contributed by atoms with E-state index in [2.05, 4.69) is 0 Å². The summed E-state index contributed by atoms with van der Waals surface area (Å²) in [5, 5.41) is 58.6. The molecule has 0 amide bonds. The highest BCUT2D eigenvalue weighted by atomic mass is 16.6. The summed E-state index contributed by atoms with van der Waals surface area (Å²) in [5.74, 6) is -6.70. The van der Waals surface area contributed by atoms with Gasteiger partial charge in [0, 0.05) is 31.4 Å². The van der Waals surface area contributed by atoms with Crippen molar-refractivity contribution >= 4 is 29.7 Å². The Morgan fingerprint density at radius 1 is 0.659 bits per heavy atom. The topological polar surface area (TPSA) is 234 Å². The Hall–Kier alpha value is -4.85. The molecule has 0 aliphatic carbocycles. The summed E-state index contributed by atoms with van der Waals surface area (Å²) < 4.78 is 15.7. The van der Waals surface area contributed by atoms with Gasteiger partial charge in [0.05, 0.1) is 18.9 Å². The van der Waals surface area contributed by atoms with E-state index in [0.29, 0.717) is 0 Å². The third-order valence-electron chi connectivity index (χ3n) is 6.06. The van der Waals surface area contributed by atoms with E-state index in [1.165, 1.54) is 27.7 Å². The van der Waals surface area contributed by atoms with Crippen LogP contribution in [-0.2, 0) is 41.4 Å². The number of esters is 3. The van der Waals surface area contributed by atoms with Crippen molar-refractivity contribution in [1.82, 2.24) is 0 Å². The van der Waals surface area contributed by atoms with Crippen LogP contribution in [-0.4, -0.2) is 84.7 Å².